The molecule has 0 saturated carbocycles. The van der Waals surface area contributed by atoms with Crippen LogP contribution in [-0.2, 0) is 6.61 Å². The number of nitrogens with zero attached hydrogens (tertiary/aromatic N) is 1. The zero-order valence-corrected chi connectivity index (χ0v) is 13.9. The van der Waals surface area contributed by atoms with Crippen molar-refractivity contribution in [1.82, 2.24) is 0 Å². The van der Waals surface area contributed by atoms with E-state index in [4.69, 9.17) is 9.47 Å². The van der Waals surface area contributed by atoms with E-state index in [0.717, 1.165) is 28.3 Å². The van der Waals surface area contributed by atoms with Crippen LogP contribution in [0.15, 0.2) is 77.8 Å². The van der Waals surface area contributed by atoms with E-state index in [0.29, 0.717) is 6.61 Å². The highest BCUT2D eigenvalue weighted by atomic mass is 19.1. The molecule has 25 heavy (non-hydrogen) atoms. The smallest absolute Gasteiger partial charge is 0.123 e. The van der Waals surface area contributed by atoms with Gasteiger partial charge in [0.25, 0.3) is 0 Å². The van der Waals surface area contributed by atoms with Crippen LogP contribution in [0.4, 0.5) is 10.1 Å². The van der Waals surface area contributed by atoms with Gasteiger partial charge in [-0.1, -0.05) is 12.1 Å². The van der Waals surface area contributed by atoms with Gasteiger partial charge in [-0.2, -0.15) is 0 Å². The Bertz CT molecular complexity index is 825. The fourth-order valence-corrected chi connectivity index (χ4v) is 2.21. The molecule has 0 unspecified atom stereocenters. The second-order valence-electron chi connectivity index (χ2n) is 5.44. The molecule has 3 rings (SSSR count). The van der Waals surface area contributed by atoms with Gasteiger partial charge in [0, 0.05) is 6.21 Å². The highest BCUT2D eigenvalue weighted by molar-refractivity contribution is 5.82. The molecule has 3 aromatic rings. The first-order valence-corrected chi connectivity index (χ1v) is 7.88. The lowest BCUT2D eigenvalue weighted by atomic mass is 10.2. The van der Waals surface area contributed by atoms with Crippen LogP contribution in [0.5, 0.6) is 11.5 Å². The molecule has 0 aromatic heterocycles. The average Bonchev–Trinajstić information content (AvgIpc) is 2.67. The highest BCUT2D eigenvalue weighted by Crippen LogP contribution is 2.18. The summed E-state index contributed by atoms with van der Waals surface area (Å²) in [4.78, 5) is 4.43. The summed E-state index contributed by atoms with van der Waals surface area (Å²) in [5, 5.41) is 0. The second-order valence-corrected chi connectivity index (χ2v) is 5.44. The van der Waals surface area contributed by atoms with Crippen molar-refractivity contribution in [2.75, 3.05) is 7.11 Å². The lowest BCUT2D eigenvalue weighted by molar-refractivity contribution is 0.306. The molecule has 0 fully saturated rings. The summed E-state index contributed by atoms with van der Waals surface area (Å²) in [6.45, 7) is 0.402. The maximum atomic E-state index is 12.9. The molecule has 0 atom stereocenters. The minimum atomic E-state index is -0.246. The SMILES string of the molecule is COc1ccc(N=Cc2ccc(OCc3ccc(F)cc3)cc2)cc1. The first-order valence-electron chi connectivity index (χ1n) is 7.88. The molecule has 0 heterocycles. The predicted molar refractivity (Wildman–Crippen MR) is 97.4 cm³/mol. The number of hydrogen-bond donors (Lipinski definition) is 0. The Labute approximate surface area is 146 Å². The first kappa shape index (κ1) is 16.7. The van der Waals surface area contributed by atoms with Crippen LogP contribution in [0.3, 0.4) is 0 Å². The van der Waals surface area contributed by atoms with E-state index in [2.05, 4.69) is 4.99 Å². The number of methoxy groups -OCH3 is 1. The summed E-state index contributed by atoms with van der Waals surface area (Å²) >= 11 is 0. The van der Waals surface area contributed by atoms with E-state index < -0.39 is 0 Å². The summed E-state index contributed by atoms with van der Waals surface area (Å²) < 4.78 is 23.7. The second kappa shape index (κ2) is 8.11. The van der Waals surface area contributed by atoms with Crippen molar-refractivity contribution in [2.45, 2.75) is 6.61 Å². The Balaban J connectivity index is 1.57. The van der Waals surface area contributed by atoms with Gasteiger partial charge in [0.05, 0.1) is 12.8 Å². The first-order chi connectivity index (χ1) is 12.2. The number of ether oxygens (including phenoxy) is 2. The summed E-state index contributed by atoms with van der Waals surface area (Å²) in [7, 11) is 1.64. The van der Waals surface area contributed by atoms with Gasteiger partial charge in [0.2, 0.25) is 0 Å². The standard InChI is InChI=1S/C21H18FNO2/c1-24-20-12-8-19(9-13-20)23-14-16-4-10-21(11-5-16)25-15-17-2-6-18(22)7-3-17/h2-14H,15H2,1H3. The van der Waals surface area contributed by atoms with Crippen LogP contribution in [0.25, 0.3) is 0 Å². The molecule has 0 aliphatic rings. The van der Waals surface area contributed by atoms with E-state index in [1.165, 1.54) is 12.1 Å². The maximum Gasteiger partial charge on any atom is 0.123 e. The Hall–Kier alpha value is -3.14. The van der Waals surface area contributed by atoms with Gasteiger partial charge in [-0.15, -0.1) is 0 Å². The van der Waals surface area contributed by atoms with Gasteiger partial charge in [-0.3, -0.25) is 4.99 Å². The summed E-state index contributed by atoms with van der Waals surface area (Å²) in [6, 6.07) is 21.5. The predicted octanol–water partition coefficient (Wildman–Crippen LogP) is 5.16. The van der Waals surface area contributed by atoms with E-state index in [1.54, 1.807) is 25.5 Å². The molecule has 0 amide bonds. The summed E-state index contributed by atoms with van der Waals surface area (Å²) in [6.07, 6.45) is 1.80. The molecular formula is C21H18FNO2. The van der Waals surface area contributed by atoms with E-state index in [1.807, 2.05) is 48.5 Å². The fraction of sp³-hybridized carbons (Fsp3) is 0.0952. The lowest BCUT2D eigenvalue weighted by Crippen LogP contribution is -1.95. The average molecular weight is 335 g/mol. The molecule has 0 aliphatic heterocycles. The van der Waals surface area contributed by atoms with Crippen molar-refractivity contribution in [3.8, 4) is 11.5 Å². The van der Waals surface area contributed by atoms with Crippen molar-refractivity contribution in [3.63, 3.8) is 0 Å². The van der Waals surface area contributed by atoms with Crippen molar-refractivity contribution in [2.24, 2.45) is 4.99 Å². The van der Waals surface area contributed by atoms with Gasteiger partial charge in [-0.25, -0.2) is 4.39 Å². The fourth-order valence-electron chi connectivity index (χ4n) is 2.21. The van der Waals surface area contributed by atoms with Crippen LogP contribution >= 0.6 is 0 Å². The van der Waals surface area contributed by atoms with E-state index in [9.17, 15) is 4.39 Å². The quantitative estimate of drug-likeness (QED) is 0.582. The monoisotopic (exact) mass is 335 g/mol. The third-order valence-corrected chi connectivity index (χ3v) is 3.63. The molecule has 0 saturated heterocycles. The van der Waals surface area contributed by atoms with Crippen molar-refractivity contribution >= 4 is 11.9 Å². The molecule has 0 bridgehead atoms. The van der Waals surface area contributed by atoms with Crippen molar-refractivity contribution in [1.29, 1.82) is 0 Å². The highest BCUT2D eigenvalue weighted by Gasteiger charge is 1.98. The molecular weight excluding hydrogens is 317 g/mol. The Morgan fingerprint density at radius 1 is 0.840 bits per heavy atom. The Kier molecular flexibility index (Phi) is 5.42. The Morgan fingerprint density at radius 2 is 1.48 bits per heavy atom. The van der Waals surface area contributed by atoms with E-state index in [-0.39, 0.29) is 5.82 Å². The number of halogens is 1. The molecule has 0 aliphatic carbocycles. The van der Waals surface area contributed by atoms with Gasteiger partial charge < -0.3 is 9.47 Å². The molecule has 0 spiro atoms. The van der Waals surface area contributed by atoms with Crippen LogP contribution in [0.1, 0.15) is 11.1 Å². The van der Waals surface area contributed by atoms with Crippen molar-refractivity contribution in [3.05, 3.63) is 89.7 Å². The zero-order valence-electron chi connectivity index (χ0n) is 13.9. The van der Waals surface area contributed by atoms with Gasteiger partial charge in [0.15, 0.2) is 0 Å². The number of benzene rings is 3. The molecule has 3 nitrogen and oxygen atoms in total. The summed E-state index contributed by atoms with van der Waals surface area (Å²) in [5.74, 6) is 1.32. The van der Waals surface area contributed by atoms with Crippen LogP contribution in [-0.4, -0.2) is 13.3 Å². The largest absolute Gasteiger partial charge is 0.497 e. The van der Waals surface area contributed by atoms with Gasteiger partial charge in [-0.05, 0) is 71.8 Å². The molecule has 126 valence electrons. The Morgan fingerprint density at radius 3 is 2.12 bits per heavy atom. The number of hydrogen-bond acceptors (Lipinski definition) is 3. The third-order valence-electron chi connectivity index (χ3n) is 3.63. The molecule has 0 N–H and O–H groups in total. The van der Waals surface area contributed by atoms with Crippen LogP contribution in [0.2, 0.25) is 0 Å². The molecule has 0 radical (unpaired) electrons. The van der Waals surface area contributed by atoms with Crippen LogP contribution in [0, 0.1) is 5.82 Å². The lowest BCUT2D eigenvalue weighted by Gasteiger charge is -2.06. The van der Waals surface area contributed by atoms with Gasteiger partial charge >= 0.3 is 0 Å². The minimum Gasteiger partial charge on any atom is -0.497 e. The van der Waals surface area contributed by atoms with E-state index >= 15 is 0 Å². The van der Waals surface area contributed by atoms with Crippen molar-refractivity contribution < 1.29 is 13.9 Å². The minimum absolute atomic E-state index is 0.246. The van der Waals surface area contributed by atoms with Gasteiger partial charge in [0.1, 0.15) is 23.9 Å². The molecule has 4 heteroatoms. The molecule has 3 aromatic carbocycles. The topological polar surface area (TPSA) is 30.8 Å². The summed E-state index contributed by atoms with van der Waals surface area (Å²) in [5.41, 5.74) is 2.76. The normalized spacial score (nSPS) is 10.8. The zero-order chi connectivity index (χ0) is 17.5. The van der Waals surface area contributed by atoms with Crippen LogP contribution < -0.4 is 9.47 Å². The maximum absolute atomic E-state index is 12.9. The third kappa shape index (κ3) is 4.91. The number of rotatable bonds is 6. The number of aliphatic imine (C=N–C) groups is 1.